The van der Waals surface area contributed by atoms with E-state index >= 15 is 0 Å². The second-order valence-electron chi connectivity index (χ2n) is 9.60. The number of nitrogens with zero attached hydrogens (tertiary/aromatic N) is 1. The standard InChI is InChI=1S/C23H34N2O2/c1-22(2)18-9-12-23(22,3)20(15-18)24-21(26)25-13-10-19(11-14-25)27-16-17-7-5-4-6-8-17/h4-8,18-20H,9-16H2,1-3H3,(H,24,26)/t18-,20-,23-/m0/s1. The quantitative estimate of drug-likeness (QED) is 0.842. The van der Waals surface area contributed by atoms with Crippen LogP contribution in [0.4, 0.5) is 4.79 Å². The Hall–Kier alpha value is -1.55. The van der Waals surface area contributed by atoms with Gasteiger partial charge in [0.25, 0.3) is 0 Å². The average Bonchev–Trinajstić information content (AvgIpc) is 3.01. The summed E-state index contributed by atoms with van der Waals surface area (Å²) < 4.78 is 6.06. The van der Waals surface area contributed by atoms with Gasteiger partial charge in [0.1, 0.15) is 0 Å². The second kappa shape index (κ2) is 7.12. The van der Waals surface area contributed by atoms with E-state index in [0.717, 1.165) is 38.3 Å². The van der Waals surface area contributed by atoms with Gasteiger partial charge in [-0.25, -0.2) is 4.79 Å². The Morgan fingerprint density at radius 3 is 2.44 bits per heavy atom. The number of fused-ring (bicyclic) bond motifs is 2. The van der Waals surface area contributed by atoms with Gasteiger partial charge >= 0.3 is 6.03 Å². The van der Waals surface area contributed by atoms with E-state index in [-0.39, 0.29) is 17.6 Å². The maximum absolute atomic E-state index is 12.8. The van der Waals surface area contributed by atoms with Crippen LogP contribution in [0.15, 0.2) is 30.3 Å². The maximum Gasteiger partial charge on any atom is 0.317 e. The minimum atomic E-state index is 0.131. The first-order valence-corrected chi connectivity index (χ1v) is 10.6. The fraction of sp³-hybridized carbons (Fsp3) is 0.696. The highest BCUT2D eigenvalue weighted by molar-refractivity contribution is 5.75. The monoisotopic (exact) mass is 370 g/mol. The molecule has 4 nitrogen and oxygen atoms in total. The number of carbonyl (C=O) groups excluding carboxylic acids is 1. The van der Waals surface area contributed by atoms with Crippen molar-refractivity contribution in [2.45, 2.75) is 71.6 Å². The summed E-state index contributed by atoms with van der Waals surface area (Å²) in [6.07, 6.45) is 5.82. The minimum Gasteiger partial charge on any atom is -0.373 e. The molecule has 1 N–H and O–H groups in total. The van der Waals surface area contributed by atoms with E-state index in [4.69, 9.17) is 4.74 Å². The molecule has 3 fully saturated rings. The van der Waals surface area contributed by atoms with Crippen LogP contribution in [0.25, 0.3) is 0 Å². The van der Waals surface area contributed by atoms with Crippen LogP contribution in [0, 0.1) is 16.7 Å². The van der Waals surface area contributed by atoms with Crippen LogP contribution < -0.4 is 5.32 Å². The first-order valence-electron chi connectivity index (χ1n) is 10.6. The number of hydrogen-bond acceptors (Lipinski definition) is 2. The molecule has 1 heterocycles. The fourth-order valence-corrected chi connectivity index (χ4v) is 5.68. The highest BCUT2D eigenvalue weighted by Crippen LogP contribution is 2.65. The molecule has 27 heavy (non-hydrogen) atoms. The van der Waals surface area contributed by atoms with Crippen LogP contribution in [-0.2, 0) is 11.3 Å². The molecule has 2 saturated carbocycles. The fourth-order valence-electron chi connectivity index (χ4n) is 5.68. The Balaban J connectivity index is 1.25. The van der Waals surface area contributed by atoms with Crippen LogP contribution in [0.5, 0.6) is 0 Å². The van der Waals surface area contributed by atoms with E-state index in [9.17, 15) is 4.79 Å². The van der Waals surface area contributed by atoms with Gasteiger partial charge in [-0.1, -0.05) is 51.1 Å². The maximum atomic E-state index is 12.8. The molecule has 3 aliphatic rings. The lowest BCUT2D eigenvalue weighted by Crippen LogP contribution is -2.53. The van der Waals surface area contributed by atoms with Gasteiger partial charge in [-0.15, -0.1) is 0 Å². The molecule has 3 atom stereocenters. The normalized spacial score (nSPS) is 32.6. The largest absolute Gasteiger partial charge is 0.373 e. The zero-order valence-electron chi connectivity index (χ0n) is 17.0. The molecule has 4 heteroatoms. The zero-order chi connectivity index (χ0) is 19.1. The molecule has 0 aromatic heterocycles. The molecule has 1 saturated heterocycles. The molecule has 1 aromatic rings. The SMILES string of the molecule is CC1(C)[C@H]2CC[C@@]1(C)[C@@H](NC(=O)N1CCC(OCc3ccccc3)CC1)C2. The molecule has 2 bridgehead atoms. The summed E-state index contributed by atoms with van der Waals surface area (Å²) in [7, 11) is 0. The first-order chi connectivity index (χ1) is 12.9. The van der Waals surface area contributed by atoms with Crippen molar-refractivity contribution in [3.63, 3.8) is 0 Å². The summed E-state index contributed by atoms with van der Waals surface area (Å²) in [5, 5.41) is 3.39. The van der Waals surface area contributed by atoms with E-state index in [1.807, 2.05) is 23.1 Å². The minimum absolute atomic E-state index is 0.131. The number of piperidine rings is 1. The number of urea groups is 1. The number of likely N-dealkylation sites (tertiary alicyclic amines) is 1. The van der Waals surface area contributed by atoms with Gasteiger partial charge in [0, 0.05) is 19.1 Å². The number of ether oxygens (including phenoxy) is 1. The summed E-state index contributed by atoms with van der Waals surface area (Å²) in [4.78, 5) is 14.8. The number of carbonyl (C=O) groups is 1. The predicted molar refractivity (Wildman–Crippen MR) is 107 cm³/mol. The number of nitrogens with one attached hydrogen (secondary N) is 1. The number of rotatable bonds is 4. The van der Waals surface area contributed by atoms with Crippen molar-refractivity contribution >= 4 is 6.03 Å². The van der Waals surface area contributed by atoms with Gasteiger partial charge in [0.2, 0.25) is 0 Å². The van der Waals surface area contributed by atoms with Gasteiger partial charge in [0.05, 0.1) is 12.7 Å². The van der Waals surface area contributed by atoms with Gasteiger partial charge in [-0.05, 0) is 54.4 Å². The van der Waals surface area contributed by atoms with E-state index in [1.165, 1.54) is 18.4 Å². The van der Waals surface area contributed by atoms with Gasteiger partial charge in [-0.3, -0.25) is 0 Å². The predicted octanol–water partition coefficient (Wildman–Crippen LogP) is 4.59. The highest BCUT2D eigenvalue weighted by Gasteiger charge is 2.61. The molecule has 1 aromatic carbocycles. The first kappa shape index (κ1) is 18.8. The zero-order valence-corrected chi connectivity index (χ0v) is 17.0. The summed E-state index contributed by atoms with van der Waals surface area (Å²) in [5.41, 5.74) is 1.79. The van der Waals surface area contributed by atoms with Crippen molar-refractivity contribution in [2.75, 3.05) is 13.1 Å². The van der Waals surface area contributed by atoms with Crippen molar-refractivity contribution in [3.05, 3.63) is 35.9 Å². The summed E-state index contributed by atoms with van der Waals surface area (Å²) >= 11 is 0. The third kappa shape index (κ3) is 3.37. The summed E-state index contributed by atoms with van der Waals surface area (Å²) in [6.45, 7) is 9.42. The van der Waals surface area contributed by atoms with E-state index < -0.39 is 0 Å². The Labute approximate surface area is 163 Å². The molecular formula is C23H34N2O2. The van der Waals surface area contributed by atoms with Gasteiger partial charge < -0.3 is 15.0 Å². The smallest absolute Gasteiger partial charge is 0.317 e. The number of amides is 2. The van der Waals surface area contributed by atoms with Crippen molar-refractivity contribution in [3.8, 4) is 0 Å². The van der Waals surface area contributed by atoms with Crippen LogP contribution in [0.1, 0.15) is 58.4 Å². The second-order valence-corrected chi connectivity index (χ2v) is 9.60. The Bertz CT molecular complexity index is 666. The molecule has 0 radical (unpaired) electrons. The van der Waals surface area contributed by atoms with Crippen LogP contribution >= 0.6 is 0 Å². The average molecular weight is 371 g/mol. The lowest BCUT2D eigenvalue weighted by molar-refractivity contribution is 0.00374. The molecule has 148 valence electrons. The third-order valence-electron chi connectivity index (χ3n) is 8.15. The summed E-state index contributed by atoms with van der Waals surface area (Å²) in [5.74, 6) is 0.755. The molecule has 4 rings (SSSR count). The lowest BCUT2D eigenvalue weighted by Gasteiger charge is -2.41. The molecular weight excluding hydrogens is 336 g/mol. The van der Waals surface area contributed by atoms with Crippen LogP contribution in [0.2, 0.25) is 0 Å². The highest BCUT2D eigenvalue weighted by atomic mass is 16.5. The molecule has 2 amide bonds. The van der Waals surface area contributed by atoms with Crippen molar-refractivity contribution < 1.29 is 9.53 Å². The van der Waals surface area contributed by atoms with Gasteiger partial charge in [0.15, 0.2) is 0 Å². The van der Waals surface area contributed by atoms with Gasteiger partial charge in [-0.2, -0.15) is 0 Å². The number of hydrogen-bond donors (Lipinski definition) is 1. The van der Waals surface area contributed by atoms with E-state index in [1.54, 1.807) is 0 Å². The van der Waals surface area contributed by atoms with E-state index in [2.05, 4.69) is 38.2 Å². The number of benzene rings is 1. The molecule has 0 unspecified atom stereocenters. The Morgan fingerprint density at radius 1 is 1.15 bits per heavy atom. The molecule has 0 spiro atoms. The topological polar surface area (TPSA) is 41.6 Å². The van der Waals surface area contributed by atoms with Crippen molar-refractivity contribution in [1.29, 1.82) is 0 Å². The van der Waals surface area contributed by atoms with Crippen LogP contribution in [0.3, 0.4) is 0 Å². The lowest BCUT2D eigenvalue weighted by atomic mass is 9.69. The molecule has 2 aliphatic carbocycles. The third-order valence-corrected chi connectivity index (χ3v) is 8.15. The van der Waals surface area contributed by atoms with Crippen molar-refractivity contribution in [2.24, 2.45) is 16.7 Å². The van der Waals surface area contributed by atoms with Crippen LogP contribution in [-0.4, -0.2) is 36.2 Å². The Kier molecular flexibility index (Phi) is 4.96. The Morgan fingerprint density at radius 2 is 1.85 bits per heavy atom. The summed E-state index contributed by atoms with van der Waals surface area (Å²) in [6, 6.07) is 10.8. The molecule has 1 aliphatic heterocycles. The van der Waals surface area contributed by atoms with E-state index in [0.29, 0.717) is 18.1 Å². The van der Waals surface area contributed by atoms with Crippen molar-refractivity contribution in [1.82, 2.24) is 10.2 Å².